The van der Waals surface area contributed by atoms with E-state index in [1.807, 2.05) is 34.5 Å². The average molecular weight is 468 g/mol. The highest BCUT2D eigenvalue weighted by molar-refractivity contribution is 7.22. The third-order valence-electron chi connectivity index (χ3n) is 5.08. The number of carbonyl (C=O) groups is 1. The van der Waals surface area contributed by atoms with Crippen LogP contribution in [0.25, 0.3) is 10.2 Å². The molecule has 0 N–H and O–H groups in total. The number of halogens is 1. The number of thiazole rings is 1. The van der Waals surface area contributed by atoms with Crippen LogP contribution in [-0.2, 0) is 4.74 Å². The highest BCUT2D eigenvalue weighted by Crippen LogP contribution is 2.37. The molecule has 2 aromatic heterocycles. The van der Waals surface area contributed by atoms with Crippen molar-refractivity contribution in [3.8, 4) is 5.75 Å². The van der Waals surface area contributed by atoms with Gasteiger partial charge in [-0.2, -0.15) is 0 Å². The van der Waals surface area contributed by atoms with Crippen LogP contribution in [0.1, 0.15) is 21.7 Å². The number of thiophene rings is 1. The molecule has 1 saturated heterocycles. The summed E-state index contributed by atoms with van der Waals surface area (Å²) in [7, 11) is 1.65. The summed E-state index contributed by atoms with van der Waals surface area (Å²) in [5.74, 6) is 0.752. The van der Waals surface area contributed by atoms with Crippen LogP contribution in [0.15, 0.2) is 29.6 Å². The first-order valence-electron chi connectivity index (χ1n) is 9.77. The minimum absolute atomic E-state index is 0. The molecule has 4 rings (SSSR count). The monoisotopic (exact) mass is 467 g/mol. The van der Waals surface area contributed by atoms with Crippen molar-refractivity contribution in [1.29, 1.82) is 0 Å². The Bertz CT molecular complexity index is 971. The molecular formula is C21H26ClN3O3S2. The Hall–Kier alpha value is -1.71. The number of nitrogens with zero attached hydrogens (tertiary/aromatic N) is 3. The molecule has 1 aliphatic heterocycles. The van der Waals surface area contributed by atoms with Crippen LogP contribution < -0.4 is 9.64 Å². The summed E-state index contributed by atoms with van der Waals surface area (Å²) < 4.78 is 12.0. The number of amides is 1. The predicted molar refractivity (Wildman–Crippen MR) is 126 cm³/mol. The van der Waals surface area contributed by atoms with Gasteiger partial charge in [-0.1, -0.05) is 23.5 Å². The molecule has 1 fully saturated rings. The second-order valence-electron chi connectivity index (χ2n) is 7.00. The Morgan fingerprint density at radius 2 is 2.10 bits per heavy atom. The van der Waals surface area contributed by atoms with E-state index in [0.29, 0.717) is 6.54 Å². The fourth-order valence-corrected chi connectivity index (χ4v) is 5.22. The third kappa shape index (κ3) is 4.95. The smallest absolute Gasteiger partial charge is 0.270 e. The molecule has 3 heterocycles. The van der Waals surface area contributed by atoms with Crippen molar-refractivity contribution < 1.29 is 14.3 Å². The summed E-state index contributed by atoms with van der Waals surface area (Å²) in [6, 6.07) is 7.76. The zero-order valence-electron chi connectivity index (χ0n) is 17.1. The van der Waals surface area contributed by atoms with E-state index in [0.717, 1.165) is 70.8 Å². The molecular weight excluding hydrogens is 442 g/mol. The van der Waals surface area contributed by atoms with Gasteiger partial charge in [0.15, 0.2) is 5.13 Å². The summed E-state index contributed by atoms with van der Waals surface area (Å²) in [4.78, 5) is 23.0. The molecule has 0 spiro atoms. The number of aryl methyl sites for hydroxylation is 1. The number of aromatic nitrogens is 1. The Balaban J connectivity index is 0.00000256. The Labute approximate surface area is 190 Å². The number of morpholine rings is 1. The van der Waals surface area contributed by atoms with Crippen molar-refractivity contribution >= 4 is 56.3 Å². The highest BCUT2D eigenvalue weighted by Gasteiger charge is 2.23. The van der Waals surface area contributed by atoms with Crippen molar-refractivity contribution in [2.45, 2.75) is 13.3 Å². The lowest BCUT2D eigenvalue weighted by Gasteiger charge is -2.27. The molecule has 0 unspecified atom stereocenters. The molecule has 1 amide bonds. The number of ether oxygens (including phenoxy) is 2. The van der Waals surface area contributed by atoms with E-state index in [1.165, 1.54) is 11.3 Å². The number of benzene rings is 1. The van der Waals surface area contributed by atoms with Gasteiger partial charge in [0.2, 0.25) is 0 Å². The number of hydrogen-bond acceptors (Lipinski definition) is 7. The van der Waals surface area contributed by atoms with Crippen molar-refractivity contribution in [1.82, 2.24) is 9.88 Å². The van der Waals surface area contributed by atoms with Crippen molar-refractivity contribution in [3.63, 3.8) is 0 Å². The van der Waals surface area contributed by atoms with Gasteiger partial charge < -0.3 is 9.47 Å². The fourth-order valence-electron chi connectivity index (χ4n) is 3.47. The standard InChI is InChI=1S/C21H25N3O3S2.ClH/c1-15-6-7-16(26-2)18-19(15)29-21(22-18)24(20(25)17-5-3-14-28-17)9-4-8-23-10-12-27-13-11-23;/h3,5-7,14H,4,8-13H2,1-2H3;1H. The van der Waals surface area contributed by atoms with Gasteiger partial charge in [0.25, 0.3) is 5.91 Å². The number of carbonyl (C=O) groups excluding carboxylic acids is 1. The molecule has 0 saturated carbocycles. The summed E-state index contributed by atoms with van der Waals surface area (Å²) in [6.07, 6.45) is 0.892. The first-order chi connectivity index (χ1) is 14.2. The lowest BCUT2D eigenvalue weighted by molar-refractivity contribution is 0.0376. The van der Waals surface area contributed by atoms with E-state index >= 15 is 0 Å². The molecule has 0 aliphatic carbocycles. The average Bonchev–Trinajstić information content (AvgIpc) is 3.43. The molecule has 162 valence electrons. The summed E-state index contributed by atoms with van der Waals surface area (Å²) in [5.41, 5.74) is 1.96. The van der Waals surface area contributed by atoms with Crippen molar-refractivity contribution in [2.24, 2.45) is 0 Å². The van der Waals surface area contributed by atoms with Crippen molar-refractivity contribution in [2.75, 3.05) is 51.4 Å². The quantitative estimate of drug-likeness (QED) is 0.513. The number of hydrogen-bond donors (Lipinski definition) is 0. The zero-order valence-corrected chi connectivity index (χ0v) is 19.6. The van der Waals surface area contributed by atoms with Crippen LogP contribution in [0.4, 0.5) is 5.13 Å². The van der Waals surface area contributed by atoms with Gasteiger partial charge >= 0.3 is 0 Å². The van der Waals surface area contributed by atoms with Gasteiger partial charge in [-0.05, 0) is 36.4 Å². The maximum atomic E-state index is 13.2. The first-order valence-corrected chi connectivity index (χ1v) is 11.5. The number of methoxy groups -OCH3 is 1. The fraction of sp³-hybridized carbons (Fsp3) is 0.429. The number of fused-ring (bicyclic) bond motifs is 1. The van der Waals surface area contributed by atoms with Gasteiger partial charge in [-0.25, -0.2) is 4.98 Å². The zero-order chi connectivity index (χ0) is 20.2. The van der Waals surface area contributed by atoms with E-state index in [4.69, 9.17) is 14.5 Å². The molecule has 0 bridgehead atoms. The molecule has 1 aliphatic rings. The summed E-state index contributed by atoms with van der Waals surface area (Å²) >= 11 is 3.03. The molecule has 0 atom stereocenters. The minimum Gasteiger partial charge on any atom is -0.494 e. The maximum absolute atomic E-state index is 13.2. The second-order valence-corrected chi connectivity index (χ2v) is 8.93. The lowest BCUT2D eigenvalue weighted by atomic mass is 10.2. The Kier molecular flexibility index (Phi) is 8.07. The largest absolute Gasteiger partial charge is 0.494 e. The predicted octanol–water partition coefficient (Wildman–Crippen LogP) is 4.47. The van der Waals surface area contributed by atoms with Gasteiger partial charge in [-0.3, -0.25) is 14.6 Å². The minimum atomic E-state index is 0. The number of anilines is 1. The highest BCUT2D eigenvalue weighted by atomic mass is 35.5. The normalized spacial score (nSPS) is 14.5. The third-order valence-corrected chi connectivity index (χ3v) is 7.15. The maximum Gasteiger partial charge on any atom is 0.270 e. The Morgan fingerprint density at radius 1 is 1.30 bits per heavy atom. The van der Waals surface area contributed by atoms with Crippen LogP contribution >= 0.6 is 35.1 Å². The van der Waals surface area contributed by atoms with Crippen LogP contribution in [0, 0.1) is 6.92 Å². The molecule has 3 aromatic rings. The van der Waals surface area contributed by atoms with Gasteiger partial charge in [0.1, 0.15) is 11.3 Å². The van der Waals surface area contributed by atoms with E-state index < -0.39 is 0 Å². The van der Waals surface area contributed by atoms with Gasteiger partial charge in [-0.15, -0.1) is 23.7 Å². The van der Waals surface area contributed by atoms with Crippen LogP contribution in [0.5, 0.6) is 5.75 Å². The van der Waals surface area contributed by atoms with Crippen molar-refractivity contribution in [3.05, 3.63) is 40.1 Å². The second kappa shape index (κ2) is 10.5. The first kappa shape index (κ1) is 23.0. The van der Waals surface area contributed by atoms with E-state index in [1.54, 1.807) is 18.4 Å². The summed E-state index contributed by atoms with van der Waals surface area (Å²) in [5, 5.41) is 2.66. The molecule has 6 nitrogen and oxygen atoms in total. The van der Waals surface area contributed by atoms with Gasteiger partial charge in [0.05, 0.1) is 29.9 Å². The molecule has 9 heteroatoms. The topological polar surface area (TPSA) is 54.9 Å². The van der Waals surface area contributed by atoms with E-state index in [9.17, 15) is 4.79 Å². The van der Waals surface area contributed by atoms with Gasteiger partial charge in [0, 0.05) is 26.2 Å². The van der Waals surface area contributed by atoms with Crippen LogP contribution in [0.2, 0.25) is 0 Å². The van der Waals surface area contributed by atoms with Crippen LogP contribution in [0.3, 0.4) is 0 Å². The molecule has 1 aromatic carbocycles. The molecule has 30 heavy (non-hydrogen) atoms. The SMILES string of the molecule is COc1ccc(C)c2sc(N(CCCN3CCOCC3)C(=O)c3cccs3)nc12.Cl. The van der Waals surface area contributed by atoms with E-state index in [2.05, 4.69) is 11.8 Å². The molecule has 0 radical (unpaired) electrons. The lowest BCUT2D eigenvalue weighted by Crippen LogP contribution is -2.39. The number of rotatable bonds is 7. The Morgan fingerprint density at radius 3 is 2.80 bits per heavy atom. The van der Waals surface area contributed by atoms with Crippen LogP contribution in [-0.4, -0.2) is 62.3 Å². The van der Waals surface area contributed by atoms with E-state index in [-0.39, 0.29) is 18.3 Å². The summed E-state index contributed by atoms with van der Waals surface area (Å²) in [6.45, 7) is 7.13.